The molecule has 2 aromatic heterocycles. The molecule has 0 radical (unpaired) electrons. The third-order valence-corrected chi connectivity index (χ3v) is 15.6. The van der Waals surface area contributed by atoms with E-state index in [2.05, 4.69) is 16.2 Å². The second-order valence-electron chi connectivity index (χ2n) is 21.2. The number of halogens is 3. The SMILES string of the molecule is COc1ccc(C2=N[C@H](c3ccc(Cl)cc3)[C@H](c3ccc(Cl)cc3)N2C(=O)N2CCN(CCCCCCCCC(=O)CCCn3nc(C#N)c4c3CN(C)C(=O)c3ccc(F)cc3[C@@H](C)Oc3nc-4ccc3N)C(=O)C2)c(OC(C)C)c1. The summed E-state index contributed by atoms with van der Waals surface area (Å²) in [6.45, 7) is 7.11. The number of Topliss-reactive ketones (excluding diaryl/α,β-unsaturated/α-hetero) is 1. The fraction of sp³-hybridized carbons (Fsp3) is 0.387. The van der Waals surface area contributed by atoms with Gasteiger partial charge in [-0.15, -0.1) is 0 Å². The summed E-state index contributed by atoms with van der Waals surface area (Å²) in [5.41, 5.74) is 10.8. The number of urea groups is 1. The molecule has 2 bridgehead atoms. The van der Waals surface area contributed by atoms with Crippen LogP contribution in [0.15, 0.2) is 102 Å². The number of nitrogens with zero attached hydrogens (tertiary/aromatic N) is 9. The molecule has 3 atom stereocenters. The molecule has 4 amide bonds. The number of nitrogens with two attached hydrogens (primary N) is 1. The molecule has 3 aliphatic rings. The first kappa shape index (κ1) is 58.6. The molecule has 0 aliphatic carbocycles. The topological polar surface area (TPSA) is 202 Å². The number of unbranched alkanes of at least 4 members (excludes halogenated alkanes) is 5. The minimum atomic E-state index is -0.781. The van der Waals surface area contributed by atoms with Gasteiger partial charge in [-0.3, -0.25) is 29.0 Å². The van der Waals surface area contributed by atoms with Crippen LogP contribution in [0.3, 0.4) is 0 Å². The lowest BCUT2D eigenvalue weighted by Gasteiger charge is -2.38. The van der Waals surface area contributed by atoms with Crippen molar-refractivity contribution in [2.24, 2.45) is 4.99 Å². The van der Waals surface area contributed by atoms with Gasteiger partial charge in [-0.05, 0) is 118 Å². The van der Waals surface area contributed by atoms with Crippen LogP contribution in [0.2, 0.25) is 10.0 Å². The Hall–Kier alpha value is -8.01. The molecule has 9 rings (SSSR count). The molecule has 20 heteroatoms. The predicted octanol–water partition coefficient (Wildman–Crippen LogP) is 12.0. The first-order valence-corrected chi connectivity index (χ1v) is 28.6. The van der Waals surface area contributed by atoms with Gasteiger partial charge in [-0.2, -0.15) is 10.4 Å². The normalized spacial score (nSPS) is 17.1. The number of aromatic nitrogens is 3. The summed E-state index contributed by atoms with van der Waals surface area (Å²) in [6, 6.07) is 28.2. The van der Waals surface area contributed by atoms with Gasteiger partial charge >= 0.3 is 6.03 Å². The number of benzene rings is 4. The lowest BCUT2D eigenvalue weighted by molar-refractivity contribution is -0.135. The van der Waals surface area contributed by atoms with Gasteiger partial charge < -0.3 is 34.6 Å². The number of aryl methyl sites for hydroxylation is 1. The number of amides is 4. The third-order valence-electron chi connectivity index (χ3n) is 15.1. The first-order valence-electron chi connectivity index (χ1n) is 27.8. The standard InChI is InChI=1S/C62H67Cl2FN10O7/c1-38(2)81-54-34-46(80-5)24-26-48(54)59-69-57(40-15-19-42(63)20-16-40)58(41-17-21-43(64)22-18-41)75(59)62(79)73-32-31-72(55(77)37-73)29-11-9-7-6-8-10-13-45(76)14-12-30-74-53-36-71(4)61(78)47-25-23-44(65)33-49(47)39(3)82-60-50(67)27-28-51(68-60)56(53)52(35-66)70-74/h15-28,33-34,38-39,57-58H,6-14,29-32,36-37,67H2,1-5H3/t39-,57-,58+/m1/s1. The minimum absolute atomic E-state index is 0.0524. The monoisotopic (exact) mass is 1150 g/mol. The summed E-state index contributed by atoms with van der Waals surface area (Å²) < 4.78 is 34.2. The Morgan fingerprint density at radius 1 is 0.841 bits per heavy atom. The van der Waals surface area contributed by atoms with Crippen LogP contribution in [0.5, 0.6) is 17.4 Å². The highest BCUT2D eigenvalue weighted by Crippen LogP contribution is 2.46. The molecule has 17 nitrogen and oxygen atoms in total. The van der Waals surface area contributed by atoms with E-state index in [4.69, 9.17) is 48.1 Å². The summed E-state index contributed by atoms with van der Waals surface area (Å²) >= 11 is 12.8. The summed E-state index contributed by atoms with van der Waals surface area (Å²) in [5, 5.41) is 16.0. The van der Waals surface area contributed by atoms with Crippen molar-refractivity contribution in [2.75, 3.05) is 46.1 Å². The Balaban J connectivity index is 0.767. The van der Waals surface area contributed by atoms with Gasteiger partial charge in [-0.1, -0.05) is 73.2 Å². The van der Waals surface area contributed by atoms with Crippen molar-refractivity contribution in [3.63, 3.8) is 0 Å². The van der Waals surface area contributed by atoms with Gasteiger partial charge in [0.1, 0.15) is 53.7 Å². The number of ketones is 1. The Kier molecular flexibility index (Phi) is 18.8. The molecule has 1 fully saturated rings. The second kappa shape index (κ2) is 26.3. The van der Waals surface area contributed by atoms with Crippen LogP contribution in [0.25, 0.3) is 11.3 Å². The maximum absolute atomic E-state index is 15.1. The lowest BCUT2D eigenvalue weighted by Crippen LogP contribution is -2.56. The van der Waals surface area contributed by atoms with E-state index in [1.165, 1.54) is 23.1 Å². The van der Waals surface area contributed by atoms with Crippen LogP contribution in [-0.4, -0.2) is 110 Å². The number of methoxy groups -OCH3 is 1. The van der Waals surface area contributed by atoms with Gasteiger partial charge in [0.15, 0.2) is 5.69 Å². The van der Waals surface area contributed by atoms with Gasteiger partial charge in [0.05, 0.1) is 54.0 Å². The Morgan fingerprint density at radius 2 is 1.52 bits per heavy atom. The molecule has 6 aromatic rings. The van der Waals surface area contributed by atoms with Gasteiger partial charge in [0.25, 0.3) is 5.91 Å². The fourth-order valence-corrected chi connectivity index (χ4v) is 11.1. The molecule has 4 aromatic carbocycles. The van der Waals surface area contributed by atoms with Crippen LogP contribution < -0.4 is 19.9 Å². The second-order valence-corrected chi connectivity index (χ2v) is 22.1. The zero-order valence-electron chi connectivity index (χ0n) is 46.7. The number of amidine groups is 1. The molecule has 0 unspecified atom stereocenters. The highest BCUT2D eigenvalue weighted by molar-refractivity contribution is 6.30. The number of rotatable bonds is 19. The van der Waals surface area contributed by atoms with E-state index in [0.717, 1.165) is 49.7 Å². The van der Waals surface area contributed by atoms with Crippen molar-refractivity contribution in [2.45, 2.75) is 116 Å². The van der Waals surface area contributed by atoms with Gasteiger partial charge in [0.2, 0.25) is 11.8 Å². The number of aliphatic imine (C=N–C) groups is 1. The molecule has 2 N–H and O–H groups in total. The maximum Gasteiger partial charge on any atom is 0.326 e. The van der Waals surface area contributed by atoms with Crippen molar-refractivity contribution in [1.29, 1.82) is 5.26 Å². The predicted molar refractivity (Wildman–Crippen MR) is 311 cm³/mol. The summed E-state index contributed by atoms with van der Waals surface area (Å²) in [5.74, 6) is 0.663. The van der Waals surface area contributed by atoms with Crippen molar-refractivity contribution < 1.29 is 37.8 Å². The maximum atomic E-state index is 15.1. The average molecular weight is 1150 g/mol. The summed E-state index contributed by atoms with van der Waals surface area (Å²) in [6.07, 6.45) is 5.48. The highest BCUT2D eigenvalue weighted by Gasteiger charge is 2.46. The zero-order valence-corrected chi connectivity index (χ0v) is 48.3. The van der Waals surface area contributed by atoms with Gasteiger partial charge in [0, 0.05) is 73.3 Å². The molecule has 428 valence electrons. The molecule has 3 aliphatic heterocycles. The smallest absolute Gasteiger partial charge is 0.326 e. The molecule has 0 spiro atoms. The minimum Gasteiger partial charge on any atom is -0.497 e. The number of piperazine rings is 1. The Bertz CT molecular complexity index is 3400. The number of carbonyl (C=O) groups is 4. The number of pyridine rings is 1. The highest BCUT2D eigenvalue weighted by atomic mass is 35.5. The number of ether oxygens (including phenoxy) is 3. The number of anilines is 1. The molecular weight excluding hydrogens is 1090 g/mol. The number of hydrogen-bond acceptors (Lipinski definition) is 12. The van der Waals surface area contributed by atoms with E-state index < -0.39 is 24.0 Å². The van der Waals surface area contributed by atoms with Crippen molar-refractivity contribution >= 4 is 58.4 Å². The van der Waals surface area contributed by atoms with E-state index in [0.29, 0.717) is 101 Å². The van der Waals surface area contributed by atoms with E-state index in [9.17, 15) is 24.0 Å². The van der Waals surface area contributed by atoms with E-state index >= 15 is 4.79 Å². The summed E-state index contributed by atoms with van der Waals surface area (Å²) in [4.78, 5) is 72.7. The average Bonchev–Trinajstić information content (AvgIpc) is 4.14. The summed E-state index contributed by atoms with van der Waals surface area (Å²) in [7, 11) is 3.21. The van der Waals surface area contributed by atoms with Crippen LogP contribution in [0, 0.1) is 17.1 Å². The number of carbonyl (C=O) groups excluding carboxylic acids is 4. The van der Waals surface area contributed by atoms with E-state index in [1.54, 1.807) is 65.9 Å². The van der Waals surface area contributed by atoms with Crippen LogP contribution in [0.4, 0.5) is 14.9 Å². The van der Waals surface area contributed by atoms with E-state index in [1.807, 2.05) is 67.3 Å². The van der Waals surface area contributed by atoms with Crippen molar-refractivity contribution in [1.82, 2.24) is 34.4 Å². The lowest BCUT2D eigenvalue weighted by atomic mass is 9.93. The molecule has 5 heterocycles. The van der Waals surface area contributed by atoms with Crippen LogP contribution in [-0.2, 0) is 22.7 Å². The number of nitrogen functional groups attached to an aromatic ring is 1. The molecular formula is C62H67Cl2FN10O7. The van der Waals surface area contributed by atoms with Crippen LogP contribution >= 0.6 is 23.2 Å². The van der Waals surface area contributed by atoms with Gasteiger partial charge in [-0.25, -0.2) is 14.2 Å². The third kappa shape index (κ3) is 13.3. The largest absolute Gasteiger partial charge is 0.497 e. The fourth-order valence-electron chi connectivity index (χ4n) is 10.8. The number of hydrogen-bond donors (Lipinski definition) is 1. The number of fused-ring (bicyclic) bond motifs is 5. The van der Waals surface area contributed by atoms with Crippen molar-refractivity contribution in [3.05, 3.63) is 152 Å². The Labute approximate surface area is 487 Å². The van der Waals surface area contributed by atoms with Crippen molar-refractivity contribution in [3.8, 4) is 34.7 Å². The molecule has 1 saturated heterocycles. The Morgan fingerprint density at radius 3 is 2.22 bits per heavy atom. The molecule has 0 saturated carbocycles. The van der Waals surface area contributed by atoms with E-state index in [-0.39, 0.29) is 65.6 Å². The molecule has 82 heavy (non-hydrogen) atoms. The number of nitriles is 1. The quantitative estimate of drug-likeness (QED) is 0.0756. The zero-order chi connectivity index (χ0) is 58.2. The van der Waals surface area contributed by atoms with Crippen LogP contribution in [0.1, 0.15) is 141 Å². The first-order chi connectivity index (χ1) is 39.5.